The molecule has 1 aromatic carbocycles. The monoisotopic (exact) mass is 480 g/mol. The third-order valence-electron chi connectivity index (χ3n) is 6.86. The second-order valence-corrected chi connectivity index (χ2v) is 9.22. The van der Waals surface area contributed by atoms with E-state index in [0.717, 1.165) is 12.8 Å². The van der Waals surface area contributed by atoms with Crippen molar-refractivity contribution < 1.29 is 31.8 Å². The smallest absolute Gasteiger partial charge is 0.395 e. The predicted octanol–water partition coefficient (Wildman–Crippen LogP) is 5.40. The summed E-state index contributed by atoms with van der Waals surface area (Å²) in [6.07, 6.45) is -0.144. The number of rotatable bonds is 8. The molecule has 0 spiro atoms. The van der Waals surface area contributed by atoms with Gasteiger partial charge in [0, 0.05) is 12.7 Å². The standard InChI is InChI=1S/C25H28F4N2O3/c26-20-14-19(16-34-23(32)21-4-1-2-11-30-21)5-6-22(20)33-15-18-7-12-31(13-8-18)17-24(9-3-10-24)25(27,28)29/h1-2,4-6,11,14,18H,3,7-10,12-13,15-17H2. The Kier molecular flexibility index (Phi) is 7.40. The molecule has 1 aliphatic carbocycles. The summed E-state index contributed by atoms with van der Waals surface area (Å²) in [6.45, 7) is 1.47. The van der Waals surface area contributed by atoms with Gasteiger partial charge in [0.15, 0.2) is 11.6 Å². The van der Waals surface area contributed by atoms with E-state index in [0.29, 0.717) is 31.7 Å². The van der Waals surface area contributed by atoms with Crippen molar-refractivity contribution in [1.82, 2.24) is 9.88 Å². The number of halogens is 4. The maximum Gasteiger partial charge on any atom is 0.395 e. The number of ether oxygens (including phenoxy) is 2. The van der Waals surface area contributed by atoms with Crippen molar-refractivity contribution in [2.75, 3.05) is 26.2 Å². The second kappa shape index (κ2) is 10.3. The van der Waals surface area contributed by atoms with Gasteiger partial charge in [-0.2, -0.15) is 13.2 Å². The van der Waals surface area contributed by atoms with E-state index in [1.165, 1.54) is 24.4 Å². The van der Waals surface area contributed by atoms with E-state index in [1.54, 1.807) is 18.2 Å². The van der Waals surface area contributed by atoms with E-state index in [1.807, 2.05) is 4.90 Å². The van der Waals surface area contributed by atoms with Gasteiger partial charge < -0.3 is 14.4 Å². The summed E-state index contributed by atoms with van der Waals surface area (Å²) in [7, 11) is 0. The zero-order chi connectivity index (χ0) is 24.2. The second-order valence-electron chi connectivity index (χ2n) is 9.22. The molecule has 2 aliphatic rings. The number of hydrogen-bond acceptors (Lipinski definition) is 5. The van der Waals surface area contributed by atoms with Crippen molar-refractivity contribution >= 4 is 5.97 Å². The molecule has 1 aliphatic heterocycles. The molecule has 5 nitrogen and oxygen atoms in total. The Morgan fingerprint density at radius 2 is 1.91 bits per heavy atom. The van der Waals surface area contributed by atoms with Gasteiger partial charge in [-0.3, -0.25) is 0 Å². The number of carbonyl (C=O) groups excluding carboxylic acids is 1. The zero-order valence-corrected chi connectivity index (χ0v) is 18.8. The van der Waals surface area contributed by atoms with E-state index in [9.17, 15) is 22.4 Å². The van der Waals surface area contributed by atoms with Gasteiger partial charge in [-0.1, -0.05) is 18.6 Å². The molecule has 4 rings (SSSR count). The fourth-order valence-electron chi connectivity index (χ4n) is 4.54. The minimum atomic E-state index is -4.15. The van der Waals surface area contributed by atoms with Crippen molar-refractivity contribution in [2.45, 2.75) is 44.9 Å². The number of carbonyl (C=O) groups is 1. The Bertz CT molecular complexity index is 972. The van der Waals surface area contributed by atoms with Crippen LogP contribution in [0.1, 0.15) is 48.2 Å². The van der Waals surface area contributed by atoms with E-state index in [4.69, 9.17) is 9.47 Å². The highest BCUT2D eigenvalue weighted by molar-refractivity contribution is 5.87. The third kappa shape index (κ3) is 5.68. The van der Waals surface area contributed by atoms with Gasteiger partial charge in [0.2, 0.25) is 0 Å². The van der Waals surface area contributed by atoms with Crippen LogP contribution < -0.4 is 4.74 Å². The molecule has 34 heavy (non-hydrogen) atoms. The van der Waals surface area contributed by atoms with E-state index in [2.05, 4.69) is 4.98 Å². The average Bonchev–Trinajstić information content (AvgIpc) is 2.79. The number of benzene rings is 1. The maximum atomic E-state index is 14.5. The third-order valence-corrected chi connectivity index (χ3v) is 6.86. The molecule has 0 unspecified atom stereocenters. The van der Waals surface area contributed by atoms with Crippen LogP contribution in [0.15, 0.2) is 42.6 Å². The van der Waals surface area contributed by atoms with Crippen molar-refractivity contribution in [3.05, 3.63) is 59.7 Å². The van der Waals surface area contributed by atoms with Crippen LogP contribution in [0.4, 0.5) is 17.6 Å². The van der Waals surface area contributed by atoms with Crippen LogP contribution >= 0.6 is 0 Å². The van der Waals surface area contributed by atoms with Gasteiger partial charge in [-0.25, -0.2) is 14.2 Å². The lowest BCUT2D eigenvalue weighted by molar-refractivity contribution is -0.256. The number of aromatic nitrogens is 1. The molecule has 0 N–H and O–H groups in total. The van der Waals surface area contributed by atoms with Crippen molar-refractivity contribution in [1.29, 1.82) is 0 Å². The van der Waals surface area contributed by atoms with Crippen LogP contribution in [0.5, 0.6) is 5.75 Å². The summed E-state index contributed by atoms with van der Waals surface area (Å²) >= 11 is 0. The fraction of sp³-hybridized carbons (Fsp3) is 0.520. The molecule has 184 valence electrons. The summed E-state index contributed by atoms with van der Waals surface area (Å²) in [5.41, 5.74) is -0.875. The molecule has 0 bridgehead atoms. The lowest BCUT2D eigenvalue weighted by Crippen LogP contribution is -2.53. The Balaban J connectivity index is 1.21. The first-order chi connectivity index (χ1) is 16.3. The lowest BCUT2D eigenvalue weighted by atomic mass is 9.67. The Labute approximate surface area is 196 Å². The first-order valence-corrected chi connectivity index (χ1v) is 11.5. The first-order valence-electron chi connectivity index (χ1n) is 11.5. The van der Waals surface area contributed by atoms with Crippen LogP contribution in [-0.4, -0.2) is 48.3 Å². The normalized spacial score (nSPS) is 18.8. The molecule has 1 saturated carbocycles. The molecule has 9 heteroatoms. The number of likely N-dealkylation sites (tertiary alicyclic amines) is 1. The Morgan fingerprint density at radius 1 is 1.15 bits per heavy atom. The Morgan fingerprint density at radius 3 is 2.50 bits per heavy atom. The topological polar surface area (TPSA) is 51.7 Å². The van der Waals surface area contributed by atoms with Gasteiger partial charge in [-0.05, 0) is 74.5 Å². The van der Waals surface area contributed by atoms with Crippen LogP contribution in [0.2, 0.25) is 0 Å². The SMILES string of the molecule is O=C(OCc1ccc(OCC2CCN(CC3(C(F)(F)F)CCC3)CC2)c(F)c1)c1ccccn1. The molecule has 0 amide bonds. The quantitative estimate of drug-likeness (QED) is 0.374. The fourth-order valence-corrected chi connectivity index (χ4v) is 4.54. The number of alkyl halides is 3. The highest BCUT2D eigenvalue weighted by Gasteiger charge is 2.58. The summed E-state index contributed by atoms with van der Waals surface area (Å²) < 4.78 is 65.5. The molecule has 2 aromatic rings. The number of esters is 1. The number of pyridine rings is 1. The van der Waals surface area contributed by atoms with Crippen LogP contribution in [0.25, 0.3) is 0 Å². The summed E-state index contributed by atoms with van der Waals surface area (Å²) in [4.78, 5) is 17.8. The number of nitrogens with zero attached hydrogens (tertiary/aromatic N) is 2. The minimum Gasteiger partial charge on any atom is -0.490 e. The minimum absolute atomic E-state index is 0.0745. The maximum absolute atomic E-state index is 14.5. The van der Waals surface area contributed by atoms with Gasteiger partial charge >= 0.3 is 12.1 Å². The predicted molar refractivity (Wildman–Crippen MR) is 117 cm³/mol. The number of piperidine rings is 1. The van der Waals surface area contributed by atoms with Gasteiger partial charge in [0.1, 0.15) is 12.3 Å². The summed E-state index contributed by atoms with van der Waals surface area (Å²) in [5.74, 6) is -0.877. The molecular formula is C25H28F4N2O3. The van der Waals surface area contributed by atoms with Crippen molar-refractivity contribution in [3.63, 3.8) is 0 Å². The van der Waals surface area contributed by atoms with Gasteiger partial charge in [0.05, 0.1) is 12.0 Å². The van der Waals surface area contributed by atoms with Gasteiger partial charge in [-0.15, -0.1) is 0 Å². The first kappa shape index (κ1) is 24.4. The Hall–Kier alpha value is -2.68. The summed E-state index contributed by atoms with van der Waals surface area (Å²) in [5, 5.41) is 0. The molecule has 1 saturated heterocycles. The molecule has 1 aromatic heterocycles. The van der Waals surface area contributed by atoms with Crippen molar-refractivity contribution in [2.24, 2.45) is 11.3 Å². The van der Waals surface area contributed by atoms with E-state index >= 15 is 0 Å². The molecular weight excluding hydrogens is 452 g/mol. The van der Waals surface area contributed by atoms with Crippen LogP contribution in [0, 0.1) is 17.2 Å². The molecule has 2 heterocycles. The highest BCUT2D eigenvalue weighted by atomic mass is 19.4. The van der Waals surface area contributed by atoms with E-state index in [-0.39, 0.29) is 43.4 Å². The summed E-state index contributed by atoms with van der Waals surface area (Å²) in [6, 6.07) is 9.28. The highest BCUT2D eigenvalue weighted by Crippen LogP contribution is 2.53. The zero-order valence-electron chi connectivity index (χ0n) is 18.8. The lowest BCUT2D eigenvalue weighted by Gasteiger charge is -2.47. The average molecular weight is 481 g/mol. The van der Waals surface area contributed by atoms with Gasteiger partial charge in [0.25, 0.3) is 0 Å². The van der Waals surface area contributed by atoms with Crippen LogP contribution in [-0.2, 0) is 11.3 Å². The number of hydrogen-bond donors (Lipinski definition) is 0. The van der Waals surface area contributed by atoms with E-state index < -0.39 is 23.4 Å². The van der Waals surface area contributed by atoms with Crippen molar-refractivity contribution in [3.8, 4) is 5.75 Å². The van der Waals surface area contributed by atoms with Crippen LogP contribution in [0.3, 0.4) is 0 Å². The largest absolute Gasteiger partial charge is 0.490 e. The molecule has 0 radical (unpaired) electrons. The molecule has 0 atom stereocenters. The molecule has 2 fully saturated rings.